The molecule has 7 heteroatoms. The van der Waals surface area contributed by atoms with Crippen LogP contribution in [-0.2, 0) is 5.60 Å². The van der Waals surface area contributed by atoms with Gasteiger partial charge in [0.1, 0.15) is 5.65 Å². The lowest BCUT2D eigenvalue weighted by Crippen LogP contribution is -2.54. The number of hydrogen-bond donors (Lipinski definition) is 2. The fourth-order valence-electron chi connectivity index (χ4n) is 4.39. The molecule has 2 N–H and O–H groups in total. The Morgan fingerprint density at radius 3 is 2.52 bits per heavy atom. The number of pyridine rings is 1. The van der Waals surface area contributed by atoms with Crippen molar-refractivity contribution in [3.8, 4) is 0 Å². The Bertz CT molecular complexity index is 1210. The van der Waals surface area contributed by atoms with Gasteiger partial charge in [0.2, 0.25) is 5.95 Å². The summed E-state index contributed by atoms with van der Waals surface area (Å²) in [5.74, 6) is 0.729. The van der Waals surface area contributed by atoms with Crippen molar-refractivity contribution < 1.29 is 5.11 Å². The summed E-state index contributed by atoms with van der Waals surface area (Å²) in [6.45, 7) is 9.66. The highest BCUT2D eigenvalue weighted by Gasteiger charge is 2.26. The Balaban J connectivity index is 1.80. The summed E-state index contributed by atoms with van der Waals surface area (Å²) in [6.07, 6.45) is 1.86. The topological polar surface area (TPSA) is 78.6 Å². The Hall–Kier alpha value is -2.77. The number of nitrogens with zero attached hydrogens (tertiary/aromatic N) is 5. The van der Waals surface area contributed by atoms with Crippen molar-refractivity contribution in [2.45, 2.75) is 45.4 Å². The summed E-state index contributed by atoms with van der Waals surface area (Å²) in [6, 6.07) is 10.7. The van der Waals surface area contributed by atoms with Crippen molar-refractivity contribution in [2.24, 2.45) is 0 Å². The van der Waals surface area contributed by atoms with Gasteiger partial charge in [0.05, 0.1) is 16.6 Å². The van der Waals surface area contributed by atoms with Crippen LogP contribution in [0, 0.1) is 0 Å². The summed E-state index contributed by atoms with van der Waals surface area (Å²) in [5, 5.41) is 15.2. The highest BCUT2D eigenvalue weighted by atomic mass is 16.3. The first-order chi connectivity index (χ1) is 13.8. The molecule has 1 aliphatic heterocycles. The van der Waals surface area contributed by atoms with Crippen molar-refractivity contribution in [1.82, 2.24) is 24.7 Å². The molecule has 1 fully saturated rings. The zero-order chi connectivity index (χ0) is 20.3. The van der Waals surface area contributed by atoms with Crippen molar-refractivity contribution in [3.05, 3.63) is 42.1 Å². The van der Waals surface area contributed by atoms with Gasteiger partial charge in [-0.1, -0.05) is 12.1 Å². The Morgan fingerprint density at radius 2 is 1.79 bits per heavy atom. The molecule has 3 aromatic heterocycles. The van der Waals surface area contributed by atoms with E-state index in [1.165, 1.54) is 0 Å². The third-order valence-corrected chi connectivity index (χ3v) is 5.60. The molecule has 0 unspecified atom stereocenters. The Morgan fingerprint density at radius 1 is 1.07 bits per heavy atom. The maximum absolute atomic E-state index is 10.8. The molecule has 0 amide bonds. The van der Waals surface area contributed by atoms with Gasteiger partial charge >= 0.3 is 0 Å². The van der Waals surface area contributed by atoms with Crippen molar-refractivity contribution in [2.75, 3.05) is 18.0 Å². The molecule has 150 valence electrons. The smallest absolute Gasteiger partial charge is 0.227 e. The SMILES string of the molecule is C[C@@H]1CN(c2ncc3cc(C(C)(C)O)c4nc5ccccc5n4c3n2)C[C@H](C)N1. The molecule has 0 spiro atoms. The molecule has 7 nitrogen and oxygen atoms in total. The van der Waals surface area contributed by atoms with E-state index in [-0.39, 0.29) is 0 Å². The maximum Gasteiger partial charge on any atom is 0.227 e. The maximum atomic E-state index is 10.8. The van der Waals surface area contributed by atoms with Gasteiger partial charge in [-0.3, -0.25) is 4.40 Å². The largest absolute Gasteiger partial charge is 0.386 e. The van der Waals surface area contributed by atoms with E-state index in [1.807, 2.05) is 36.5 Å². The molecule has 1 saturated heterocycles. The summed E-state index contributed by atoms with van der Waals surface area (Å²) in [7, 11) is 0. The molecule has 2 atom stereocenters. The highest BCUT2D eigenvalue weighted by Crippen LogP contribution is 2.31. The molecule has 4 heterocycles. The number of aliphatic hydroxyl groups is 1. The predicted molar refractivity (Wildman–Crippen MR) is 115 cm³/mol. The molecule has 0 saturated carbocycles. The van der Waals surface area contributed by atoms with Gasteiger partial charge in [-0.25, -0.2) is 9.97 Å². The van der Waals surface area contributed by atoms with Crippen LogP contribution in [0.3, 0.4) is 0 Å². The first-order valence-electron chi connectivity index (χ1n) is 10.1. The average molecular weight is 390 g/mol. The third kappa shape index (κ3) is 3.01. The number of rotatable bonds is 2. The summed E-state index contributed by atoms with van der Waals surface area (Å²) < 4.78 is 2.05. The minimum Gasteiger partial charge on any atom is -0.386 e. The van der Waals surface area contributed by atoms with E-state index in [0.29, 0.717) is 12.1 Å². The van der Waals surface area contributed by atoms with Crippen molar-refractivity contribution >= 4 is 33.7 Å². The lowest BCUT2D eigenvalue weighted by Gasteiger charge is -2.36. The second kappa shape index (κ2) is 6.37. The van der Waals surface area contributed by atoms with Gasteiger partial charge < -0.3 is 15.3 Å². The molecule has 4 aromatic rings. The van der Waals surface area contributed by atoms with Crippen molar-refractivity contribution in [3.63, 3.8) is 0 Å². The second-order valence-corrected chi connectivity index (χ2v) is 8.70. The number of para-hydroxylation sites is 2. The van der Waals surface area contributed by atoms with Crippen LogP contribution in [0.5, 0.6) is 0 Å². The zero-order valence-corrected chi connectivity index (χ0v) is 17.2. The average Bonchev–Trinajstić information content (AvgIpc) is 3.05. The molecule has 5 rings (SSSR count). The fourth-order valence-corrected chi connectivity index (χ4v) is 4.39. The molecular weight excluding hydrogens is 364 g/mol. The van der Waals surface area contributed by atoms with E-state index < -0.39 is 5.60 Å². The van der Waals surface area contributed by atoms with E-state index in [0.717, 1.165) is 52.3 Å². The van der Waals surface area contributed by atoms with Crippen molar-refractivity contribution in [1.29, 1.82) is 0 Å². The van der Waals surface area contributed by atoms with Gasteiger partial charge in [0, 0.05) is 42.3 Å². The minimum absolute atomic E-state index is 0.379. The van der Waals surface area contributed by atoms with Crippen LogP contribution < -0.4 is 10.2 Å². The number of anilines is 1. The first kappa shape index (κ1) is 18.3. The van der Waals surface area contributed by atoms with Crippen LogP contribution in [0.15, 0.2) is 36.5 Å². The van der Waals surface area contributed by atoms with Gasteiger partial charge in [-0.15, -0.1) is 0 Å². The number of imidazole rings is 1. The number of fused-ring (bicyclic) bond motifs is 5. The van der Waals surface area contributed by atoms with Crippen LogP contribution in [-0.4, -0.2) is 49.6 Å². The first-order valence-corrected chi connectivity index (χ1v) is 10.1. The van der Waals surface area contributed by atoms with E-state index in [4.69, 9.17) is 9.97 Å². The summed E-state index contributed by atoms with van der Waals surface area (Å²) in [5.41, 5.74) is 3.14. The monoisotopic (exact) mass is 390 g/mol. The Labute approximate surface area is 169 Å². The van der Waals surface area contributed by atoms with Crippen LogP contribution >= 0.6 is 0 Å². The number of benzene rings is 1. The van der Waals surface area contributed by atoms with E-state index in [1.54, 1.807) is 13.8 Å². The van der Waals surface area contributed by atoms with Crippen LogP contribution in [0.2, 0.25) is 0 Å². The van der Waals surface area contributed by atoms with Crippen LogP contribution in [0.4, 0.5) is 5.95 Å². The molecule has 29 heavy (non-hydrogen) atoms. The molecule has 0 bridgehead atoms. The lowest BCUT2D eigenvalue weighted by molar-refractivity contribution is 0.0798. The second-order valence-electron chi connectivity index (χ2n) is 8.70. The fraction of sp³-hybridized carbons (Fsp3) is 0.409. The summed E-state index contributed by atoms with van der Waals surface area (Å²) in [4.78, 5) is 16.7. The molecule has 1 aromatic carbocycles. The quantitative estimate of drug-likeness (QED) is 0.548. The summed E-state index contributed by atoms with van der Waals surface area (Å²) >= 11 is 0. The number of aromatic nitrogens is 4. The standard InChI is InChI=1S/C22H26N6O/c1-13-11-27(12-14(2)24-13)21-23-10-15-9-16(22(3,4)29)20-25-17-7-5-6-8-18(17)28(20)19(15)26-21/h5-10,13-14,24,29H,11-12H2,1-4H3/t13-,14+. The Kier molecular flexibility index (Phi) is 4.01. The van der Waals surface area contributed by atoms with E-state index in [2.05, 4.69) is 33.4 Å². The molecule has 0 aliphatic carbocycles. The number of nitrogens with one attached hydrogen (secondary N) is 1. The highest BCUT2D eigenvalue weighted by molar-refractivity contribution is 5.90. The van der Waals surface area contributed by atoms with Crippen LogP contribution in [0.25, 0.3) is 27.7 Å². The van der Waals surface area contributed by atoms with E-state index >= 15 is 0 Å². The van der Waals surface area contributed by atoms with Gasteiger partial charge in [0.25, 0.3) is 0 Å². The predicted octanol–water partition coefficient (Wildman–Crippen LogP) is 2.84. The molecular formula is C22H26N6O. The normalized spacial score (nSPS) is 20.8. The zero-order valence-electron chi connectivity index (χ0n) is 17.2. The van der Waals surface area contributed by atoms with Gasteiger partial charge in [-0.2, -0.15) is 4.98 Å². The van der Waals surface area contributed by atoms with E-state index in [9.17, 15) is 5.11 Å². The number of piperazine rings is 1. The van der Waals surface area contributed by atoms with Crippen LogP contribution in [0.1, 0.15) is 33.3 Å². The van der Waals surface area contributed by atoms with Gasteiger partial charge in [0.15, 0.2) is 5.65 Å². The number of hydrogen-bond acceptors (Lipinski definition) is 6. The third-order valence-electron chi connectivity index (χ3n) is 5.60. The lowest BCUT2D eigenvalue weighted by atomic mass is 9.98. The minimum atomic E-state index is -1.03. The van der Waals surface area contributed by atoms with Gasteiger partial charge in [-0.05, 0) is 45.9 Å². The molecule has 0 radical (unpaired) electrons. The molecule has 1 aliphatic rings.